The monoisotopic (exact) mass is 297 g/mol. The number of aromatic hydroxyl groups is 1. The molecule has 110 valence electrons. The molecule has 2 aromatic carbocycles. The molecule has 0 saturated carbocycles. The van der Waals surface area contributed by atoms with Crippen LogP contribution in [-0.4, -0.2) is 27.1 Å². The number of benzene rings is 2. The molecule has 0 spiro atoms. The van der Waals surface area contributed by atoms with Gasteiger partial charge in [0.2, 0.25) is 5.75 Å². The number of hydrogen-bond donors (Lipinski definition) is 1. The number of phenols is 1. The number of fused-ring (bicyclic) bond motifs is 1. The van der Waals surface area contributed by atoms with Crippen molar-refractivity contribution >= 4 is 16.7 Å². The Morgan fingerprint density at radius 3 is 2.64 bits per heavy atom. The molecule has 1 N–H and O–H groups in total. The highest BCUT2D eigenvalue weighted by atomic mass is 16.6. The number of phenolic OH excluding ortho intramolecular Hbond substituents is 1. The number of nitro benzene ring substituents is 1. The van der Waals surface area contributed by atoms with Crippen molar-refractivity contribution in [1.82, 2.24) is 9.97 Å². The molecule has 0 aliphatic heterocycles. The summed E-state index contributed by atoms with van der Waals surface area (Å²) in [6, 6.07) is 10.0. The van der Waals surface area contributed by atoms with Crippen molar-refractivity contribution in [2.24, 2.45) is 0 Å². The van der Waals surface area contributed by atoms with Gasteiger partial charge >= 0.3 is 5.69 Å². The highest BCUT2D eigenvalue weighted by Crippen LogP contribution is 2.39. The van der Waals surface area contributed by atoms with Crippen molar-refractivity contribution in [3.8, 4) is 22.8 Å². The molecule has 1 heterocycles. The number of hydrogen-bond acceptors (Lipinski definition) is 6. The van der Waals surface area contributed by atoms with E-state index in [9.17, 15) is 15.2 Å². The van der Waals surface area contributed by atoms with E-state index in [1.165, 1.54) is 25.4 Å². The Hall–Kier alpha value is -3.22. The van der Waals surface area contributed by atoms with Gasteiger partial charge in [-0.05, 0) is 18.2 Å². The van der Waals surface area contributed by atoms with Crippen LogP contribution in [0.4, 0.5) is 5.69 Å². The Bertz CT molecular complexity index is 880. The smallest absolute Gasteiger partial charge is 0.315 e. The Morgan fingerprint density at radius 2 is 1.95 bits per heavy atom. The minimum Gasteiger partial charge on any atom is -0.500 e. The van der Waals surface area contributed by atoms with Gasteiger partial charge in [0.05, 0.1) is 35.0 Å². The molecule has 0 aliphatic rings. The first-order valence-electron chi connectivity index (χ1n) is 6.37. The van der Waals surface area contributed by atoms with Gasteiger partial charge in [0, 0.05) is 11.6 Å². The zero-order valence-corrected chi connectivity index (χ0v) is 11.6. The van der Waals surface area contributed by atoms with Crippen LogP contribution in [0.15, 0.2) is 42.6 Å². The third-order valence-electron chi connectivity index (χ3n) is 3.22. The summed E-state index contributed by atoms with van der Waals surface area (Å²) in [5.41, 5.74) is 1.87. The van der Waals surface area contributed by atoms with Crippen molar-refractivity contribution in [1.29, 1.82) is 0 Å². The summed E-state index contributed by atoms with van der Waals surface area (Å²) in [7, 11) is 1.33. The lowest BCUT2D eigenvalue weighted by Crippen LogP contribution is -1.95. The van der Waals surface area contributed by atoms with Crippen molar-refractivity contribution in [2.45, 2.75) is 0 Å². The lowest BCUT2D eigenvalue weighted by Gasteiger charge is -2.07. The van der Waals surface area contributed by atoms with Crippen molar-refractivity contribution < 1.29 is 14.8 Å². The fraction of sp³-hybridized carbons (Fsp3) is 0.0667. The van der Waals surface area contributed by atoms with Crippen molar-refractivity contribution in [2.75, 3.05) is 7.11 Å². The van der Waals surface area contributed by atoms with Crippen molar-refractivity contribution in [3.63, 3.8) is 0 Å². The van der Waals surface area contributed by atoms with Crippen LogP contribution < -0.4 is 4.74 Å². The number of nitro groups is 1. The summed E-state index contributed by atoms with van der Waals surface area (Å²) in [6.07, 6.45) is 1.53. The van der Waals surface area contributed by atoms with Gasteiger partial charge in [-0.2, -0.15) is 0 Å². The number of rotatable bonds is 3. The van der Waals surface area contributed by atoms with Gasteiger partial charge in [0.25, 0.3) is 0 Å². The topological polar surface area (TPSA) is 98.4 Å². The second-order valence-electron chi connectivity index (χ2n) is 4.55. The van der Waals surface area contributed by atoms with E-state index >= 15 is 0 Å². The third kappa shape index (κ3) is 2.28. The highest BCUT2D eigenvalue weighted by molar-refractivity contribution is 5.78. The quantitative estimate of drug-likeness (QED) is 0.589. The molecule has 0 atom stereocenters. The average Bonchev–Trinajstić information content (AvgIpc) is 2.54. The number of ether oxygens (including phenoxy) is 1. The van der Waals surface area contributed by atoms with Gasteiger partial charge in [0.1, 0.15) is 0 Å². The summed E-state index contributed by atoms with van der Waals surface area (Å²) in [5.74, 6) is -0.496. The molecule has 22 heavy (non-hydrogen) atoms. The number of nitrogens with zero attached hydrogens (tertiary/aromatic N) is 3. The predicted octanol–water partition coefficient (Wildman–Crippen LogP) is 2.92. The van der Waals surface area contributed by atoms with Gasteiger partial charge in [-0.3, -0.25) is 15.1 Å². The van der Waals surface area contributed by atoms with E-state index in [0.29, 0.717) is 16.8 Å². The van der Waals surface area contributed by atoms with Crippen LogP contribution in [0.2, 0.25) is 0 Å². The van der Waals surface area contributed by atoms with Crippen LogP contribution in [0.5, 0.6) is 11.5 Å². The van der Waals surface area contributed by atoms with Crippen LogP contribution in [0, 0.1) is 10.1 Å². The molecule has 0 aliphatic carbocycles. The van der Waals surface area contributed by atoms with Gasteiger partial charge in [-0.1, -0.05) is 12.1 Å². The third-order valence-corrected chi connectivity index (χ3v) is 3.22. The van der Waals surface area contributed by atoms with E-state index in [0.717, 1.165) is 5.52 Å². The molecule has 0 saturated heterocycles. The first-order chi connectivity index (χ1) is 10.6. The molecule has 3 rings (SSSR count). The number of methoxy groups -OCH3 is 1. The molecule has 7 nitrogen and oxygen atoms in total. The summed E-state index contributed by atoms with van der Waals surface area (Å²) in [4.78, 5) is 19.1. The largest absolute Gasteiger partial charge is 0.500 e. The molecular formula is C15H11N3O4. The van der Waals surface area contributed by atoms with E-state index in [4.69, 9.17) is 4.74 Å². The molecule has 0 bridgehead atoms. The highest BCUT2D eigenvalue weighted by Gasteiger charge is 2.21. The van der Waals surface area contributed by atoms with E-state index in [1.807, 2.05) is 18.2 Å². The molecule has 3 aromatic rings. The maximum atomic E-state index is 11.0. The summed E-state index contributed by atoms with van der Waals surface area (Å²) in [5, 5.41) is 20.8. The Balaban J connectivity index is 2.21. The van der Waals surface area contributed by atoms with Crippen molar-refractivity contribution in [3.05, 3.63) is 52.7 Å². The first-order valence-corrected chi connectivity index (χ1v) is 6.37. The fourth-order valence-electron chi connectivity index (χ4n) is 2.13. The zero-order valence-electron chi connectivity index (χ0n) is 11.6. The first kappa shape index (κ1) is 13.7. The summed E-state index contributed by atoms with van der Waals surface area (Å²) >= 11 is 0. The van der Waals surface area contributed by atoms with Crippen LogP contribution in [0.1, 0.15) is 0 Å². The molecular weight excluding hydrogens is 286 g/mol. The molecule has 0 radical (unpaired) electrons. The molecule has 0 unspecified atom stereocenters. The van der Waals surface area contributed by atoms with Gasteiger partial charge < -0.3 is 9.84 Å². The standard InChI is InChI=1S/C15H11N3O4/c1-22-14-7-9(6-13(15(14)19)18(20)21)12-8-16-10-4-2-3-5-11(10)17-12/h2-8,19H,1H3. The Labute approximate surface area is 125 Å². The normalized spacial score (nSPS) is 10.6. The van der Waals surface area contributed by atoms with E-state index in [-0.39, 0.29) is 5.75 Å². The van der Waals surface area contributed by atoms with Gasteiger partial charge in [-0.25, -0.2) is 4.98 Å². The van der Waals surface area contributed by atoms with Crippen LogP contribution in [-0.2, 0) is 0 Å². The van der Waals surface area contributed by atoms with Crippen LogP contribution in [0.25, 0.3) is 22.3 Å². The minimum absolute atomic E-state index is 0.0131. The van der Waals surface area contributed by atoms with Crippen LogP contribution in [0.3, 0.4) is 0 Å². The maximum absolute atomic E-state index is 11.0. The predicted molar refractivity (Wildman–Crippen MR) is 79.8 cm³/mol. The second-order valence-corrected chi connectivity index (χ2v) is 4.55. The second kappa shape index (κ2) is 5.28. The molecule has 7 heteroatoms. The number of aromatic nitrogens is 2. The van der Waals surface area contributed by atoms with E-state index < -0.39 is 16.4 Å². The molecule has 0 amide bonds. The minimum atomic E-state index is -0.671. The fourth-order valence-corrected chi connectivity index (χ4v) is 2.13. The Kier molecular flexibility index (Phi) is 3.30. The lowest BCUT2D eigenvalue weighted by atomic mass is 10.1. The van der Waals surface area contributed by atoms with E-state index in [2.05, 4.69) is 9.97 Å². The lowest BCUT2D eigenvalue weighted by molar-refractivity contribution is -0.385. The number of para-hydroxylation sites is 2. The summed E-state index contributed by atoms with van der Waals surface area (Å²) < 4.78 is 4.98. The van der Waals surface area contributed by atoms with E-state index in [1.54, 1.807) is 6.07 Å². The molecule has 1 aromatic heterocycles. The maximum Gasteiger partial charge on any atom is 0.315 e. The van der Waals surface area contributed by atoms with Gasteiger partial charge in [0.15, 0.2) is 5.75 Å². The Morgan fingerprint density at radius 1 is 1.23 bits per heavy atom. The summed E-state index contributed by atoms with van der Waals surface area (Å²) in [6.45, 7) is 0. The zero-order chi connectivity index (χ0) is 15.7. The SMILES string of the molecule is COc1cc(-c2cnc3ccccc3n2)cc([N+](=O)[O-])c1O. The molecule has 0 fully saturated rings. The average molecular weight is 297 g/mol. The van der Waals surface area contributed by atoms with Gasteiger partial charge in [-0.15, -0.1) is 0 Å². The van der Waals surface area contributed by atoms with Crippen LogP contribution >= 0.6 is 0 Å².